The van der Waals surface area contributed by atoms with Gasteiger partial charge in [-0.2, -0.15) is 9.59 Å². The second-order valence-corrected chi connectivity index (χ2v) is 18.5. The number of rotatable bonds is 14. The zero-order valence-electron chi connectivity index (χ0n) is 39.6. The molecule has 0 aromatic heterocycles. The van der Waals surface area contributed by atoms with Crippen molar-refractivity contribution in [2.75, 3.05) is 18.9 Å². The van der Waals surface area contributed by atoms with Crippen molar-refractivity contribution < 1.29 is 43.3 Å². The number of benzene rings is 6. The summed E-state index contributed by atoms with van der Waals surface area (Å²) in [7, 11) is 0. The number of hydrogen-bond donors (Lipinski definition) is 1. The second-order valence-electron chi connectivity index (χ2n) is 14.8. The number of nitrogen functional groups attached to an aromatic ring is 1. The summed E-state index contributed by atoms with van der Waals surface area (Å²) in [4.78, 5) is 68.6. The molecule has 6 rings (SSSR count). The highest BCUT2D eigenvalue weighted by atomic mass is 31.2. The van der Waals surface area contributed by atoms with Crippen molar-refractivity contribution in [1.29, 1.82) is 0 Å². The Morgan fingerprint density at radius 2 is 1.03 bits per heavy atom. The van der Waals surface area contributed by atoms with E-state index < -0.39 is 16.7 Å². The number of anilines is 1. The lowest BCUT2D eigenvalue weighted by Gasteiger charge is -2.31. The van der Waals surface area contributed by atoms with Gasteiger partial charge in [-0.1, -0.05) is 122 Å². The minimum absolute atomic E-state index is 0.00407. The van der Waals surface area contributed by atoms with Crippen LogP contribution in [-0.4, -0.2) is 52.7 Å². The first-order chi connectivity index (χ1) is 33.1. The molecular formula is C54H58N3O11P. The van der Waals surface area contributed by atoms with E-state index in [0.29, 0.717) is 37.1 Å². The number of nitrogens with two attached hydrogens (primary N) is 1. The molecule has 0 aliphatic heterocycles. The molecule has 0 bridgehead atoms. The first-order valence-corrected chi connectivity index (χ1v) is 23.6. The maximum absolute atomic E-state index is 11.4. The molecule has 14 nitrogen and oxygen atoms in total. The van der Waals surface area contributed by atoms with Crippen LogP contribution in [-0.2, 0) is 35.1 Å². The van der Waals surface area contributed by atoms with Gasteiger partial charge in [0, 0.05) is 41.1 Å². The molecule has 69 heavy (non-hydrogen) atoms. The van der Waals surface area contributed by atoms with Crippen LogP contribution in [0.2, 0.25) is 0 Å². The Labute approximate surface area is 403 Å². The molecule has 0 aliphatic rings. The van der Waals surface area contributed by atoms with E-state index in [1.807, 2.05) is 38.1 Å². The highest BCUT2D eigenvalue weighted by molar-refractivity contribution is 7.95. The first-order valence-electron chi connectivity index (χ1n) is 21.8. The third kappa shape index (κ3) is 18.6. The van der Waals surface area contributed by atoms with Crippen LogP contribution in [0, 0.1) is 26.1 Å². The number of aldehydes is 1. The number of nitro groups is 2. The molecule has 0 amide bonds. The Morgan fingerprint density at radius 3 is 1.38 bits per heavy atom. The normalized spacial score (nSPS) is 10.7. The van der Waals surface area contributed by atoms with Gasteiger partial charge in [0.25, 0.3) is 11.4 Å². The fourth-order valence-corrected chi connectivity index (χ4v) is 11.1. The van der Waals surface area contributed by atoms with Crippen molar-refractivity contribution in [2.45, 2.75) is 54.4 Å². The quantitative estimate of drug-likeness (QED) is 0.0205. The van der Waals surface area contributed by atoms with Gasteiger partial charge in [-0.05, 0) is 117 Å². The largest absolute Gasteiger partial charge is 0.466 e. The summed E-state index contributed by atoms with van der Waals surface area (Å²) >= 11 is 0. The number of nitro benzene ring substituents is 2. The summed E-state index contributed by atoms with van der Waals surface area (Å²) in [5, 5.41) is 26.5. The van der Waals surface area contributed by atoms with E-state index in [1.54, 1.807) is 37.3 Å². The molecule has 2 N–H and O–H groups in total. The smallest absolute Gasteiger partial charge is 0.373 e. The van der Waals surface area contributed by atoms with Gasteiger partial charge < -0.3 is 15.2 Å². The van der Waals surface area contributed by atoms with Gasteiger partial charge in [0.15, 0.2) is 0 Å². The zero-order valence-corrected chi connectivity index (χ0v) is 40.5. The predicted octanol–water partition coefficient (Wildman–Crippen LogP) is 9.98. The maximum Gasteiger partial charge on any atom is 0.373 e. The second kappa shape index (κ2) is 31.0. The first kappa shape index (κ1) is 57.1. The zero-order chi connectivity index (χ0) is 51.2. The highest BCUT2D eigenvalue weighted by Gasteiger charge is 2.27. The van der Waals surface area contributed by atoms with E-state index in [4.69, 9.17) is 24.8 Å². The van der Waals surface area contributed by atoms with Crippen molar-refractivity contribution in [1.82, 2.24) is 0 Å². The number of carbonyl (C=O) groups excluding carboxylic acids is 5. The van der Waals surface area contributed by atoms with Crippen molar-refractivity contribution in [2.24, 2.45) is 5.92 Å². The van der Waals surface area contributed by atoms with E-state index >= 15 is 0 Å². The lowest BCUT2D eigenvalue weighted by Crippen LogP contribution is -2.29. The molecule has 0 radical (unpaired) electrons. The van der Waals surface area contributed by atoms with Crippen LogP contribution in [0.25, 0.3) is 6.08 Å². The van der Waals surface area contributed by atoms with Crippen molar-refractivity contribution in [3.63, 3.8) is 0 Å². The van der Waals surface area contributed by atoms with E-state index in [0.717, 1.165) is 23.2 Å². The SMILES string of the molecule is CCC(C)=P(c1ccccc1)(c1ccccc1)c1ccccc1.CCOC(=O)/C(C)=C/c1ccc([N+](=O)[O-])cc1.CCOC(=O)C(C)Cc1ccc(N)cc1.O=C=O.O=Cc1ccc([N+](=O)[O-])cc1. The Morgan fingerprint density at radius 1 is 0.638 bits per heavy atom. The average molecular weight is 956 g/mol. The predicted molar refractivity (Wildman–Crippen MR) is 273 cm³/mol. The number of nitrogens with zero attached hydrogens (tertiary/aromatic N) is 2. The fraction of sp³-hybridized carbons (Fsp3) is 0.204. The molecule has 6 aromatic carbocycles. The molecule has 0 saturated carbocycles. The molecule has 0 spiro atoms. The number of hydrogen-bond acceptors (Lipinski definition) is 12. The molecule has 15 heteroatoms. The maximum atomic E-state index is 11.4. The van der Waals surface area contributed by atoms with E-state index in [1.165, 1.54) is 52.3 Å². The molecule has 0 heterocycles. The lowest BCUT2D eigenvalue weighted by molar-refractivity contribution is -0.385. The minimum Gasteiger partial charge on any atom is -0.466 e. The summed E-state index contributed by atoms with van der Waals surface area (Å²) in [6.07, 6.45) is 4.30. The third-order valence-electron chi connectivity index (χ3n) is 10.0. The van der Waals surface area contributed by atoms with Crippen LogP contribution in [0.3, 0.4) is 0 Å². The fourth-order valence-electron chi connectivity index (χ4n) is 6.60. The van der Waals surface area contributed by atoms with Crippen molar-refractivity contribution in [3.05, 3.63) is 206 Å². The standard InChI is InChI=1S/C22H23P.C12H13NO4.C12H17NO2.C7H5NO3.CO2/c1-3-19(2)23(20-13-7-4-8-14-20,21-15-9-5-10-16-21)22-17-11-6-12-18-22;1-3-17-12(14)9(2)8-10-4-6-11(7-5-10)13(15)16;1-3-15-12(14)9(2)8-10-4-6-11(13)7-5-10;9-5-6-1-3-7(4-2-6)8(10)11;2-1-3/h4-18H,3H2,1-2H3;4-8H,3H2,1-2H3;4-7,9H,3,8,13H2,1-2H3;1-5H;/b;9-8+;;;. The van der Waals surface area contributed by atoms with Gasteiger partial charge >= 0.3 is 18.1 Å². The molecule has 0 saturated heterocycles. The average Bonchev–Trinajstić information content (AvgIpc) is 3.37. The minimum atomic E-state index is -1.73. The topological polar surface area (TPSA) is 216 Å². The van der Waals surface area contributed by atoms with Gasteiger partial charge in [0.2, 0.25) is 0 Å². The summed E-state index contributed by atoms with van der Waals surface area (Å²) < 4.78 is 9.76. The van der Waals surface area contributed by atoms with Gasteiger partial charge in [0.05, 0.1) is 29.0 Å². The molecule has 1 atom stereocenters. The molecule has 0 aliphatic carbocycles. The third-order valence-corrected chi connectivity index (χ3v) is 14.7. The van der Waals surface area contributed by atoms with Crippen molar-refractivity contribution in [3.8, 4) is 0 Å². The van der Waals surface area contributed by atoms with Crippen LogP contribution >= 0.6 is 6.89 Å². The molecule has 360 valence electrons. The van der Waals surface area contributed by atoms with Crippen LogP contribution < -0.4 is 21.6 Å². The molecular weight excluding hydrogens is 898 g/mol. The Bertz CT molecular complexity index is 2550. The molecule has 6 aromatic rings. The van der Waals surface area contributed by atoms with Gasteiger partial charge in [0.1, 0.15) is 6.29 Å². The Hall–Kier alpha value is -8.05. The number of non-ortho nitro benzene ring substituents is 2. The summed E-state index contributed by atoms with van der Waals surface area (Å²) in [6, 6.07) is 52.0. The van der Waals surface area contributed by atoms with E-state index in [-0.39, 0.29) is 35.4 Å². The van der Waals surface area contributed by atoms with Crippen LogP contribution in [0.4, 0.5) is 17.1 Å². The van der Waals surface area contributed by atoms with Gasteiger partial charge in [-0.15, -0.1) is 0 Å². The molecule has 1 unspecified atom stereocenters. The number of carbonyl (C=O) groups is 3. The van der Waals surface area contributed by atoms with Crippen LogP contribution in [0.1, 0.15) is 69.4 Å². The van der Waals surface area contributed by atoms with Crippen LogP contribution in [0.15, 0.2) is 169 Å². The number of esters is 2. The van der Waals surface area contributed by atoms with Gasteiger partial charge in [-0.25, -0.2) is 4.79 Å². The van der Waals surface area contributed by atoms with E-state index in [9.17, 15) is 34.6 Å². The van der Waals surface area contributed by atoms with Crippen molar-refractivity contribution >= 4 is 75.6 Å². The molecule has 0 fully saturated rings. The lowest BCUT2D eigenvalue weighted by atomic mass is 10.0. The summed E-state index contributed by atoms with van der Waals surface area (Å²) in [5.41, 5.74) is 9.06. The Kier molecular flexibility index (Phi) is 25.7. The summed E-state index contributed by atoms with van der Waals surface area (Å²) in [5.74, 6) is -0.631. The summed E-state index contributed by atoms with van der Waals surface area (Å²) in [6.45, 7) is 10.7. The number of ether oxygens (including phenoxy) is 2. The van der Waals surface area contributed by atoms with Crippen LogP contribution in [0.5, 0.6) is 0 Å². The Balaban J connectivity index is 0.000000319. The monoisotopic (exact) mass is 955 g/mol. The highest BCUT2D eigenvalue weighted by Crippen LogP contribution is 2.46. The van der Waals surface area contributed by atoms with Gasteiger partial charge in [-0.3, -0.25) is 29.8 Å². The van der Waals surface area contributed by atoms with E-state index in [2.05, 4.69) is 105 Å².